The Bertz CT molecular complexity index is 907. The molecule has 3 heterocycles. The highest BCUT2D eigenvalue weighted by Crippen LogP contribution is 2.41. The fourth-order valence-corrected chi connectivity index (χ4v) is 3.48. The van der Waals surface area contributed by atoms with E-state index in [4.69, 9.17) is 0 Å². The normalized spacial score (nSPS) is 22.5. The molecule has 134 valence electrons. The molecule has 1 aliphatic heterocycles. The lowest BCUT2D eigenvalue weighted by Gasteiger charge is -2.28. The van der Waals surface area contributed by atoms with Crippen LogP contribution in [0.25, 0.3) is 0 Å². The Morgan fingerprint density at radius 1 is 1.23 bits per heavy atom. The molecular formula is C18H19N5O3. The van der Waals surface area contributed by atoms with E-state index in [1.165, 1.54) is 19.2 Å². The fourth-order valence-electron chi connectivity index (χ4n) is 3.48. The summed E-state index contributed by atoms with van der Waals surface area (Å²) >= 11 is 0. The van der Waals surface area contributed by atoms with E-state index >= 15 is 0 Å². The molecule has 1 aliphatic carbocycles. The van der Waals surface area contributed by atoms with E-state index in [0.29, 0.717) is 0 Å². The number of aryl methyl sites for hydroxylation is 1. The SMILES string of the molecule is Cn1nc(C(=O)N[C@@H]2CC(=O)N(C3CC3)[C@H]2c2cccnc2)ccc1=O. The quantitative estimate of drug-likeness (QED) is 0.859. The summed E-state index contributed by atoms with van der Waals surface area (Å²) in [5.41, 5.74) is 0.768. The van der Waals surface area contributed by atoms with Crippen molar-refractivity contribution < 1.29 is 9.59 Å². The molecule has 0 radical (unpaired) electrons. The molecule has 0 aromatic carbocycles. The number of carbonyl (C=O) groups excluding carboxylic acids is 2. The molecule has 1 saturated heterocycles. The van der Waals surface area contributed by atoms with Crippen LogP contribution in [0.15, 0.2) is 41.5 Å². The van der Waals surface area contributed by atoms with Gasteiger partial charge < -0.3 is 10.2 Å². The lowest BCUT2D eigenvalue weighted by molar-refractivity contribution is -0.129. The van der Waals surface area contributed by atoms with Crippen LogP contribution in [0.5, 0.6) is 0 Å². The van der Waals surface area contributed by atoms with Crippen molar-refractivity contribution in [2.75, 3.05) is 0 Å². The molecule has 2 aliphatic rings. The maximum atomic E-state index is 12.6. The second kappa shape index (κ2) is 6.36. The zero-order valence-corrected chi connectivity index (χ0v) is 14.3. The lowest BCUT2D eigenvalue weighted by Crippen LogP contribution is -2.41. The molecule has 2 aromatic rings. The highest BCUT2D eigenvalue weighted by Gasteiger charge is 2.47. The Morgan fingerprint density at radius 2 is 2.04 bits per heavy atom. The van der Waals surface area contributed by atoms with E-state index < -0.39 is 5.91 Å². The van der Waals surface area contributed by atoms with Gasteiger partial charge in [-0.3, -0.25) is 19.4 Å². The zero-order valence-electron chi connectivity index (χ0n) is 14.3. The van der Waals surface area contributed by atoms with E-state index in [9.17, 15) is 14.4 Å². The molecule has 2 atom stereocenters. The van der Waals surface area contributed by atoms with Crippen molar-refractivity contribution in [1.29, 1.82) is 0 Å². The fraction of sp³-hybridized carbons (Fsp3) is 0.389. The van der Waals surface area contributed by atoms with Crippen LogP contribution in [0, 0.1) is 0 Å². The van der Waals surface area contributed by atoms with Crippen molar-refractivity contribution in [2.45, 2.75) is 37.4 Å². The topological polar surface area (TPSA) is 97.2 Å². The summed E-state index contributed by atoms with van der Waals surface area (Å²) in [6.45, 7) is 0. The first-order chi connectivity index (χ1) is 12.5. The highest BCUT2D eigenvalue weighted by molar-refractivity contribution is 5.93. The van der Waals surface area contributed by atoms with Crippen molar-refractivity contribution in [3.05, 3.63) is 58.3 Å². The minimum atomic E-state index is -0.398. The zero-order chi connectivity index (χ0) is 18.3. The van der Waals surface area contributed by atoms with Crippen LogP contribution in [0.1, 0.15) is 41.4 Å². The summed E-state index contributed by atoms with van der Waals surface area (Å²) in [4.78, 5) is 42.7. The number of likely N-dealkylation sites (tertiary alicyclic amines) is 1. The average Bonchev–Trinajstić information content (AvgIpc) is 3.41. The lowest BCUT2D eigenvalue weighted by atomic mass is 10.0. The van der Waals surface area contributed by atoms with Gasteiger partial charge in [-0.15, -0.1) is 0 Å². The first-order valence-electron chi connectivity index (χ1n) is 8.61. The molecule has 8 heteroatoms. The highest BCUT2D eigenvalue weighted by atomic mass is 16.2. The van der Waals surface area contributed by atoms with Crippen molar-refractivity contribution in [3.63, 3.8) is 0 Å². The van der Waals surface area contributed by atoms with Gasteiger partial charge in [0.25, 0.3) is 11.5 Å². The van der Waals surface area contributed by atoms with Crippen LogP contribution < -0.4 is 10.9 Å². The molecule has 8 nitrogen and oxygen atoms in total. The maximum Gasteiger partial charge on any atom is 0.272 e. The third kappa shape index (κ3) is 2.98. The Morgan fingerprint density at radius 3 is 2.69 bits per heavy atom. The maximum absolute atomic E-state index is 12.6. The van der Waals surface area contributed by atoms with Crippen LogP contribution in [0.2, 0.25) is 0 Å². The Balaban J connectivity index is 1.61. The van der Waals surface area contributed by atoms with Crippen LogP contribution in [0.4, 0.5) is 0 Å². The van der Waals surface area contributed by atoms with Crippen molar-refractivity contribution >= 4 is 11.8 Å². The molecule has 0 unspecified atom stereocenters. The van der Waals surface area contributed by atoms with Crippen LogP contribution in [0.3, 0.4) is 0 Å². The third-order valence-corrected chi connectivity index (χ3v) is 4.84. The second-order valence-corrected chi connectivity index (χ2v) is 6.73. The van der Waals surface area contributed by atoms with E-state index in [-0.39, 0.29) is 41.7 Å². The monoisotopic (exact) mass is 353 g/mol. The summed E-state index contributed by atoms with van der Waals surface area (Å²) < 4.78 is 1.11. The number of hydrogen-bond donors (Lipinski definition) is 1. The molecular weight excluding hydrogens is 334 g/mol. The van der Waals surface area contributed by atoms with Gasteiger partial charge in [0.05, 0.1) is 12.1 Å². The predicted molar refractivity (Wildman–Crippen MR) is 92.2 cm³/mol. The second-order valence-electron chi connectivity index (χ2n) is 6.73. The molecule has 1 N–H and O–H groups in total. The molecule has 4 rings (SSSR count). The van der Waals surface area contributed by atoms with Crippen LogP contribution >= 0.6 is 0 Å². The van der Waals surface area contributed by atoms with Gasteiger partial charge in [0.2, 0.25) is 5.91 Å². The molecule has 2 fully saturated rings. The molecule has 0 bridgehead atoms. The number of amides is 2. The van der Waals surface area contributed by atoms with E-state index in [0.717, 1.165) is 23.1 Å². The Hall–Kier alpha value is -3.03. The van der Waals surface area contributed by atoms with Gasteiger partial charge in [-0.2, -0.15) is 5.10 Å². The number of rotatable bonds is 4. The smallest absolute Gasteiger partial charge is 0.272 e. The first-order valence-corrected chi connectivity index (χ1v) is 8.61. The first kappa shape index (κ1) is 16.4. The number of carbonyl (C=O) groups is 2. The number of aromatic nitrogens is 3. The van der Waals surface area contributed by atoms with Gasteiger partial charge in [0.1, 0.15) is 5.69 Å². The molecule has 26 heavy (non-hydrogen) atoms. The molecule has 1 saturated carbocycles. The summed E-state index contributed by atoms with van der Waals surface area (Å²) in [5.74, 6) is -0.356. The number of pyridine rings is 1. The van der Waals surface area contributed by atoms with Gasteiger partial charge in [0.15, 0.2) is 0 Å². The van der Waals surface area contributed by atoms with Gasteiger partial charge in [0, 0.05) is 38.0 Å². The van der Waals surface area contributed by atoms with Crippen LogP contribution in [-0.2, 0) is 11.8 Å². The summed E-state index contributed by atoms with van der Waals surface area (Å²) in [7, 11) is 1.49. The number of nitrogens with one attached hydrogen (secondary N) is 1. The third-order valence-electron chi connectivity index (χ3n) is 4.84. The summed E-state index contributed by atoms with van der Waals surface area (Å²) in [5, 5.41) is 6.91. The van der Waals surface area contributed by atoms with Gasteiger partial charge in [-0.1, -0.05) is 6.07 Å². The minimum Gasteiger partial charge on any atom is -0.345 e. The van der Waals surface area contributed by atoms with E-state index in [1.807, 2.05) is 17.0 Å². The predicted octanol–water partition coefficient (Wildman–Crippen LogP) is 0.410. The van der Waals surface area contributed by atoms with Gasteiger partial charge in [-0.05, 0) is 30.5 Å². The molecule has 2 aromatic heterocycles. The average molecular weight is 353 g/mol. The van der Waals surface area contributed by atoms with Crippen LogP contribution in [-0.4, -0.2) is 43.6 Å². The van der Waals surface area contributed by atoms with E-state index in [2.05, 4.69) is 15.4 Å². The standard InChI is InChI=1S/C18H19N5O3/c1-22-15(24)7-6-13(21-22)18(26)20-14-9-16(25)23(12-4-5-12)17(14)11-3-2-8-19-10-11/h2-3,6-8,10,12,14,17H,4-5,9H2,1H3,(H,20,26)/t14-,17+/m1/s1. The van der Waals surface area contributed by atoms with Gasteiger partial charge >= 0.3 is 0 Å². The number of hydrogen-bond acceptors (Lipinski definition) is 5. The molecule has 2 amide bonds. The minimum absolute atomic E-state index is 0.0417. The van der Waals surface area contributed by atoms with Crippen molar-refractivity contribution in [1.82, 2.24) is 25.0 Å². The largest absolute Gasteiger partial charge is 0.345 e. The number of nitrogens with zero attached hydrogens (tertiary/aromatic N) is 4. The molecule has 0 spiro atoms. The van der Waals surface area contributed by atoms with Gasteiger partial charge in [-0.25, -0.2) is 4.68 Å². The Labute approximate surface area is 149 Å². The van der Waals surface area contributed by atoms with E-state index in [1.54, 1.807) is 12.4 Å². The Kier molecular flexibility index (Phi) is 4.02. The van der Waals surface area contributed by atoms with Crippen molar-refractivity contribution in [3.8, 4) is 0 Å². The summed E-state index contributed by atoms with van der Waals surface area (Å²) in [6.07, 6.45) is 5.65. The summed E-state index contributed by atoms with van der Waals surface area (Å²) in [6, 6.07) is 6.10. The van der Waals surface area contributed by atoms with Crippen molar-refractivity contribution in [2.24, 2.45) is 7.05 Å².